The average molecular weight is 482 g/mol. The number of hydrogen-bond acceptors (Lipinski definition) is 10. The fraction of sp³-hybridized carbons (Fsp3) is 0.160. The third kappa shape index (κ3) is 4.73. The van der Waals surface area contributed by atoms with Crippen molar-refractivity contribution in [2.24, 2.45) is 0 Å². The number of carbonyl (C=O) groups excluding carboxylic acids is 3. The summed E-state index contributed by atoms with van der Waals surface area (Å²) in [6, 6.07) is 11.5. The molecule has 0 fully saturated rings. The molecule has 0 radical (unpaired) electrons. The largest absolute Gasteiger partial charge is 0.508 e. The summed E-state index contributed by atoms with van der Waals surface area (Å²) in [6.45, 7) is -0.102. The van der Waals surface area contributed by atoms with Crippen LogP contribution in [0.1, 0.15) is 43.0 Å². The van der Waals surface area contributed by atoms with E-state index in [-0.39, 0.29) is 52.2 Å². The van der Waals surface area contributed by atoms with Crippen LogP contribution in [-0.2, 0) is 31.2 Å². The Bertz CT molecular complexity index is 1220. The summed E-state index contributed by atoms with van der Waals surface area (Å²) in [7, 11) is 2.26. The topological polar surface area (TPSA) is 160 Å². The summed E-state index contributed by atoms with van der Waals surface area (Å²) < 4.78 is 14.1. The molecule has 0 bridgehead atoms. The normalized spacial score (nSPS) is 10.9. The molecule has 3 aromatic rings. The van der Waals surface area contributed by atoms with Gasteiger partial charge in [-0.2, -0.15) is 0 Å². The van der Waals surface area contributed by atoms with E-state index in [9.17, 15) is 34.8 Å². The van der Waals surface area contributed by atoms with Gasteiger partial charge in [0.25, 0.3) is 6.47 Å². The molecule has 0 spiro atoms. The standard InChI is InChI=1S/C25H22O10/c1-33-23(30)18-10-16(4-7-21(18)28)25(32,15-3-6-20(27)14(9-15)12-35-13-26)17-5-8-22(29)19(11-17)24(31)34-2/h3-11,13,27-29,32H,12H2,1-2H3. The van der Waals surface area contributed by atoms with Gasteiger partial charge in [0, 0.05) is 5.56 Å². The van der Waals surface area contributed by atoms with Gasteiger partial charge < -0.3 is 34.6 Å². The number of methoxy groups -OCH3 is 2. The van der Waals surface area contributed by atoms with E-state index in [1.165, 1.54) is 54.6 Å². The first-order chi connectivity index (χ1) is 16.7. The highest BCUT2D eigenvalue weighted by Gasteiger charge is 2.36. The molecular weight excluding hydrogens is 460 g/mol. The lowest BCUT2D eigenvalue weighted by atomic mass is 9.78. The van der Waals surface area contributed by atoms with E-state index in [0.717, 1.165) is 14.2 Å². The second-order valence-corrected chi connectivity index (χ2v) is 7.41. The molecule has 0 aromatic heterocycles. The molecule has 0 atom stereocenters. The van der Waals surface area contributed by atoms with Gasteiger partial charge in [0.2, 0.25) is 0 Å². The number of carbonyl (C=O) groups is 3. The van der Waals surface area contributed by atoms with E-state index in [1.807, 2.05) is 0 Å². The summed E-state index contributed by atoms with van der Waals surface area (Å²) in [6.07, 6.45) is 0. The lowest BCUT2D eigenvalue weighted by Crippen LogP contribution is -2.30. The maximum absolute atomic E-state index is 12.2. The highest BCUT2D eigenvalue weighted by molar-refractivity contribution is 5.93. The van der Waals surface area contributed by atoms with E-state index in [1.54, 1.807) is 0 Å². The third-order valence-electron chi connectivity index (χ3n) is 5.44. The lowest BCUT2D eigenvalue weighted by Gasteiger charge is -2.31. The molecule has 0 aliphatic heterocycles. The Morgan fingerprint density at radius 3 is 1.63 bits per heavy atom. The molecular formula is C25H22O10. The van der Waals surface area contributed by atoms with Gasteiger partial charge in [0.1, 0.15) is 40.6 Å². The van der Waals surface area contributed by atoms with Crippen LogP contribution in [0, 0.1) is 0 Å². The zero-order valence-corrected chi connectivity index (χ0v) is 18.7. The molecule has 10 heteroatoms. The van der Waals surface area contributed by atoms with Crippen molar-refractivity contribution in [3.63, 3.8) is 0 Å². The molecule has 0 heterocycles. The van der Waals surface area contributed by atoms with Crippen molar-refractivity contribution >= 4 is 18.4 Å². The third-order valence-corrected chi connectivity index (χ3v) is 5.44. The fourth-order valence-corrected chi connectivity index (χ4v) is 3.62. The Hall–Kier alpha value is -4.57. The quantitative estimate of drug-likeness (QED) is 0.162. The number of phenols is 3. The van der Waals surface area contributed by atoms with Crippen LogP contribution >= 0.6 is 0 Å². The molecule has 0 saturated carbocycles. The molecule has 0 unspecified atom stereocenters. The molecule has 0 amide bonds. The van der Waals surface area contributed by atoms with Crippen LogP contribution in [0.3, 0.4) is 0 Å². The summed E-state index contributed by atoms with van der Waals surface area (Å²) in [5.41, 5.74) is -2.13. The summed E-state index contributed by atoms with van der Waals surface area (Å²) in [5.74, 6) is -2.72. The molecule has 0 aliphatic rings. The average Bonchev–Trinajstić information content (AvgIpc) is 2.87. The van der Waals surface area contributed by atoms with Gasteiger partial charge in [-0.05, 0) is 53.1 Å². The number of ether oxygens (including phenoxy) is 3. The smallest absolute Gasteiger partial charge is 0.341 e. The number of rotatable bonds is 8. The maximum Gasteiger partial charge on any atom is 0.341 e. The van der Waals surface area contributed by atoms with Crippen molar-refractivity contribution in [1.29, 1.82) is 0 Å². The fourth-order valence-electron chi connectivity index (χ4n) is 3.62. The number of phenolic OH excluding ortho intramolecular Hbond substituents is 3. The van der Waals surface area contributed by atoms with Gasteiger partial charge in [-0.3, -0.25) is 4.79 Å². The first kappa shape index (κ1) is 25.1. The van der Waals surface area contributed by atoms with Crippen LogP contribution < -0.4 is 0 Å². The number of hydrogen-bond donors (Lipinski definition) is 4. The van der Waals surface area contributed by atoms with Crippen molar-refractivity contribution in [1.82, 2.24) is 0 Å². The zero-order chi connectivity index (χ0) is 25.8. The SMILES string of the molecule is COC(=O)c1cc(C(O)(c2ccc(O)c(COC=O)c2)c2ccc(O)c(C(=O)OC)c2)ccc1O. The predicted molar refractivity (Wildman–Crippen MR) is 120 cm³/mol. The first-order valence-corrected chi connectivity index (χ1v) is 10.1. The highest BCUT2D eigenvalue weighted by atomic mass is 16.5. The monoisotopic (exact) mass is 482 g/mol. The molecule has 0 saturated heterocycles. The lowest BCUT2D eigenvalue weighted by molar-refractivity contribution is -0.129. The van der Waals surface area contributed by atoms with Crippen LogP contribution in [0.4, 0.5) is 0 Å². The number of benzene rings is 3. The molecule has 4 N–H and O–H groups in total. The van der Waals surface area contributed by atoms with Gasteiger partial charge in [-0.15, -0.1) is 0 Å². The van der Waals surface area contributed by atoms with Crippen LogP contribution in [0.25, 0.3) is 0 Å². The predicted octanol–water partition coefficient (Wildman–Crippen LogP) is 2.33. The summed E-state index contributed by atoms with van der Waals surface area (Å²) >= 11 is 0. The van der Waals surface area contributed by atoms with Crippen molar-refractivity contribution < 1.29 is 49.0 Å². The Morgan fingerprint density at radius 1 is 0.771 bits per heavy atom. The molecule has 0 aliphatic carbocycles. The zero-order valence-electron chi connectivity index (χ0n) is 18.7. The highest BCUT2D eigenvalue weighted by Crippen LogP contribution is 2.41. The maximum atomic E-state index is 12.2. The molecule has 3 aromatic carbocycles. The van der Waals surface area contributed by atoms with E-state index in [4.69, 9.17) is 14.2 Å². The van der Waals surface area contributed by atoms with Crippen LogP contribution in [0.15, 0.2) is 54.6 Å². The molecule has 35 heavy (non-hydrogen) atoms. The van der Waals surface area contributed by atoms with Crippen LogP contribution in [-0.4, -0.2) is 53.1 Å². The number of esters is 2. The minimum absolute atomic E-state index is 0.0742. The Balaban J connectivity index is 2.34. The van der Waals surface area contributed by atoms with E-state index < -0.39 is 29.0 Å². The van der Waals surface area contributed by atoms with Gasteiger partial charge in [0.05, 0.1) is 14.2 Å². The van der Waals surface area contributed by atoms with Gasteiger partial charge >= 0.3 is 11.9 Å². The van der Waals surface area contributed by atoms with Crippen LogP contribution in [0.5, 0.6) is 17.2 Å². The van der Waals surface area contributed by atoms with Gasteiger partial charge in [0.15, 0.2) is 0 Å². The Morgan fingerprint density at radius 2 is 1.20 bits per heavy atom. The second kappa shape index (κ2) is 10.1. The van der Waals surface area contributed by atoms with Gasteiger partial charge in [-0.25, -0.2) is 9.59 Å². The van der Waals surface area contributed by atoms with E-state index in [0.29, 0.717) is 0 Å². The Kier molecular flexibility index (Phi) is 7.26. The van der Waals surface area contributed by atoms with Gasteiger partial charge in [-0.1, -0.05) is 18.2 Å². The van der Waals surface area contributed by atoms with Crippen LogP contribution in [0.2, 0.25) is 0 Å². The molecule has 182 valence electrons. The minimum Gasteiger partial charge on any atom is -0.508 e. The van der Waals surface area contributed by atoms with Crippen molar-refractivity contribution in [2.75, 3.05) is 14.2 Å². The van der Waals surface area contributed by atoms with Crippen molar-refractivity contribution in [3.8, 4) is 17.2 Å². The molecule has 3 rings (SSSR count). The van der Waals surface area contributed by atoms with Crippen molar-refractivity contribution in [2.45, 2.75) is 12.2 Å². The first-order valence-electron chi connectivity index (χ1n) is 10.1. The number of aromatic hydroxyl groups is 3. The van der Waals surface area contributed by atoms with E-state index in [2.05, 4.69) is 0 Å². The number of aliphatic hydroxyl groups is 1. The summed E-state index contributed by atoms with van der Waals surface area (Å²) in [4.78, 5) is 35.0. The Labute approximate surface area is 199 Å². The second-order valence-electron chi connectivity index (χ2n) is 7.41. The summed E-state index contributed by atoms with van der Waals surface area (Å²) in [5, 5.41) is 42.6. The van der Waals surface area contributed by atoms with Crippen molar-refractivity contribution in [3.05, 3.63) is 88.0 Å². The van der Waals surface area contributed by atoms with E-state index >= 15 is 0 Å². The molecule has 10 nitrogen and oxygen atoms in total. The minimum atomic E-state index is -2.10.